The van der Waals surface area contributed by atoms with Gasteiger partial charge in [-0.05, 0) is 36.1 Å². The molecule has 7 nitrogen and oxygen atoms in total. The summed E-state index contributed by atoms with van der Waals surface area (Å²) in [5.41, 5.74) is 1.65. The fraction of sp³-hybridized carbons (Fsp3) is 0.435. The lowest BCUT2D eigenvalue weighted by atomic mass is 10.0. The number of ether oxygens (including phenoxy) is 2. The topological polar surface area (TPSA) is 84.9 Å². The quantitative estimate of drug-likeness (QED) is 0.502. The fourth-order valence-corrected chi connectivity index (χ4v) is 4.12. The highest BCUT2D eigenvalue weighted by molar-refractivity contribution is 7.92. The molecule has 0 atom stereocenters. The van der Waals surface area contributed by atoms with Crippen LogP contribution in [0.3, 0.4) is 0 Å². The molecule has 0 saturated heterocycles. The summed E-state index contributed by atoms with van der Waals surface area (Å²) in [7, 11) is -1.95. The van der Waals surface area contributed by atoms with E-state index in [1.165, 1.54) is 11.4 Å². The molecule has 2 aromatic carbocycles. The number of rotatable bonds is 12. The average molecular weight is 449 g/mol. The van der Waals surface area contributed by atoms with Gasteiger partial charge < -0.3 is 14.8 Å². The number of hydrogen-bond acceptors (Lipinski definition) is 5. The van der Waals surface area contributed by atoms with Crippen LogP contribution in [0.1, 0.15) is 38.2 Å². The first-order valence-corrected chi connectivity index (χ1v) is 12.2. The van der Waals surface area contributed by atoms with Crippen molar-refractivity contribution in [1.82, 2.24) is 5.32 Å². The summed E-state index contributed by atoms with van der Waals surface area (Å²) in [6.45, 7) is 5.17. The smallest absolute Gasteiger partial charge is 0.232 e. The van der Waals surface area contributed by atoms with Crippen LogP contribution in [0.2, 0.25) is 0 Å². The molecular weight excluding hydrogens is 416 g/mol. The van der Waals surface area contributed by atoms with Gasteiger partial charge in [0.15, 0.2) is 0 Å². The average Bonchev–Trinajstić information content (AvgIpc) is 2.73. The van der Waals surface area contributed by atoms with Gasteiger partial charge in [-0.25, -0.2) is 8.42 Å². The monoisotopic (exact) mass is 448 g/mol. The van der Waals surface area contributed by atoms with Crippen LogP contribution in [0.5, 0.6) is 11.5 Å². The van der Waals surface area contributed by atoms with Crippen molar-refractivity contribution >= 4 is 21.6 Å². The molecule has 8 heteroatoms. The number of anilines is 1. The standard InChI is InChI=1S/C23H32N2O5S/c1-18(2)21-11-5-6-12-22(21)30-16-14-24-23(26)13-8-15-25(31(4,27)28)19-9-7-10-20(17-19)29-3/h5-7,9-12,17-18H,8,13-16H2,1-4H3,(H,24,26). The Morgan fingerprint density at radius 3 is 2.55 bits per heavy atom. The molecule has 1 N–H and O–H groups in total. The highest BCUT2D eigenvalue weighted by atomic mass is 32.2. The molecule has 2 aromatic rings. The Balaban J connectivity index is 1.80. The minimum atomic E-state index is -3.48. The summed E-state index contributed by atoms with van der Waals surface area (Å²) in [4.78, 5) is 12.1. The summed E-state index contributed by atoms with van der Waals surface area (Å²) in [6.07, 6.45) is 1.77. The number of nitrogens with zero attached hydrogens (tertiary/aromatic N) is 1. The van der Waals surface area contributed by atoms with E-state index in [0.29, 0.717) is 36.9 Å². The van der Waals surface area contributed by atoms with Crippen molar-refractivity contribution in [2.45, 2.75) is 32.6 Å². The van der Waals surface area contributed by atoms with E-state index in [4.69, 9.17) is 9.47 Å². The van der Waals surface area contributed by atoms with Crippen LogP contribution in [-0.4, -0.2) is 47.4 Å². The van der Waals surface area contributed by atoms with Crippen molar-refractivity contribution in [3.63, 3.8) is 0 Å². The van der Waals surface area contributed by atoms with Crippen molar-refractivity contribution in [3.05, 3.63) is 54.1 Å². The second kappa shape index (κ2) is 11.6. The lowest BCUT2D eigenvalue weighted by molar-refractivity contribution is -0.121. The SMILES string of the molecule is COc1cccc(N(CCCC(=O)NCCOc2ccccc2C(C)C)S(C)(=O)=O)c1. The number of hydrogen-bond donors (Lipinski definition) is 1. The van der Waals surface area contributed by atoms with E-state index in [1.54, 1.807) is 24.3 Å². The molecule has 1 amide bonds. The number of amides is 1. The zero-order valence-corrected chi connectivity index (χ0v) is 19.4. The van der Waals surface area contributed by atoms with Gasteiger partial charge in [0.05, 0.1) is 25.6 Å². The highest BCUT2D eigenvalue weighted by Gasteiger charge is 2.18. The van der Waals surface area contributed by atoms with Crippen LogP contribution in [0.15, 0.2) is 48.5 Å². The van der Waals surface area contributed by atoms with E-state index in [0.717, 1.165) is 17.6 Å². The fourth-order valence-electron chi connectivity index (χ4n) is 3.16. The summed E-state index contributed by atoms with van der Waals surface area (Å²) in [5, 5.41) is 2.82. The Hall–Kier alpha value is -2.74. The van der Waals surface area contributed by atoms with Crippen molar-refractivity contribution in [2.75, 3.05) is 37.4 Å². The molecular formula is C23H32N2O5S. The first-order valence-electron chi connectivity index (χ1n) is 10.3. The molecule has 170 valence electrons. The van der Waals surface area contributed by atoms with E-state index in [1.807, 2.05) is 24.3 Å². The predicted molar refractivity (Wildman–Crippen MR) is 123 cm³/mol. The van der Waals surface area contributed by atoms with Crippen molar-refractivity contribution in [1.29, 1.82) is 0 Å². The van der Waals surface area contributed by atoms with Crippen LogP contribution >= 0.6 is 0 Å². The van der Waals surface area contributed by atoms with Crippen LogP contribution in [0.25, 0.3) is 0 Å². The third kappa shape index (κ3) is 7.79. The number of carbonyl (C=O) groups excluding carboxylic acids is 1. The third-order valence-electron chi connectivity index (χ3n) is 4.73. The molecule has 0 aromatic heterocycles. The molecule has 0 aliphatic rings. The van der Waals surface area contributed by atoms with Crippen LogP contribution in [0.4, 0.5) is 5.69 Å². The molecule has 0 radical (unpaired) electrons. The molecule has 0 bridgehead atoms. The van der Waals surface area contributed by atoms with Crippen LogP contribution in [0, 0.1) is 0 Å². The van der Waals surface area contributed by atoms with Gasteiger partial charge in [0, 0.05) is 19.0 Å². The molecule has 0 aliphatic heterocycles. The maximum atomic E-state index is 12.2. The Kier molecular flexibility index (Phi) is 9.18. The van der Waals surface area contributed by atoms with E-state index < -0.39 is 10.0 Å². The first kappa shape index (κ1) is 24.5. The molecule has 0 spiro atoms. The number of benzene rings is 2. The summed E-state index contributed by atoms with van der Waals surface area (Å²) in [6, 6.07) is 14.7. The third-order valence-corrected chi connectivity index (χ3v) is 5.92. The van der Waals surface area contributed by atoms with E-state index in [2.05, 4.69) is 19.2 Å². The number of para-hydroxylation sites is 1. The Morgan fingerprint density at radius 2 is 1.87 bits per heavy atom. The maximum Gasteiger partial charge on any atom is 0.232 e. The minimum absolute atomic E-state index is 0.139. The van der Waals surface area contributed by atoms with Crippen molar-refractivity contribution < 1.29 is 22.7 Å². The molecule has 2 rings (SSSR count). The Bertz CT molecular complexity index is 960. The first-order chi connectivity index (χ1) is 14.7. The van der Waals surface area contributed by atoms with Gasteiger partial charge in [-0.1, -0.05) is 38.1 Å². The van der Waals surface area contributed by atoms with E-state index in [9.17, 15) is 13.2 Å². The predicted octanol–water partition coefficient (Wildman–Crippen LogP) is 3.56. The zero-order chi connectivity index (χ0) is 22.9. The largest absolute Gasteiger partial charge is 0.497 e. The zero-order valence-electron chi connectivity index (χ0n) is 18.6. The second-order valence-corrected chi connectivity index (χ2v) is 9.44. The normalized spacial score (nSPS) is 11.3. The van der Waals surface area contributed by atoms with Crippen molar-refractivity contribution in [3.8, 4) is 11.5 Å². The molecule has 31 heavy (non-hydrogen) atoms. The summed E-state index contributed by atoms with van der Waals surface area (Å²) >= 11 is 0. The highest BCUT2D eigenvalue weighted by Crippen LogP contribution is 2.26. The molecule has 0 aliphatic carbocycles. The van der Waals surface area contributed by atoms with E-state index >= 15 is 0 Å². The van der Waals surface area contributed by atoms with Crippen LogP contribution in [-0.2, 0) is 14.8 Å². The van der Waals surface area contributed by atoms with Gasteiger partial charge in [0.1, 0.15) is 18.1 Å². The van der Waals surface area contributed by atoms with Gasteiger partial charge in [0.2, 0.25) is 15.9 Å². The summed E-state index contributed by atoms with van der Waals surface area (Å²) in [5.74, 6) is 1.62. The number of methoxy groups -OCH3 is 1. The van der Waals surface area contributed by atoms with Gasteiger partial charge in [-0.3, -0.25) is 9.10 Å². The van der Waals surface area contributed by atoms with Crippen molar-refractivity contribution in [2.24, 2.45) is 0 Å². The number of sulfonamides is 1. The lowest BCUT2D eigenvalue weighted by Crippen LogP contribution is -2.33. The molecule has 0 saturated carbocycles. The molecule has 0 heterocycles. The Morgan fingerprint density at radius 1 is 1.13 bits per heavy atom. The van der Waals surface area contributed by atoms with Gasteiger partial charge >= 0.3 is 0 Å². The maximum absolute atomic E-state index is 12.2. The Labute approximate surface area is 185 Å². The van der Waals surface area contributed by atoms with Gasteiger partial charge in [-0.15, -0.1) is 0 Å². The second-order valence-electron chi connectivity index (χ2n) is 7.53. The minimum Gasteiger partial charge on any atom is -0.497 e. The molecule has 0 fully saturated rings. The number of nitrogens with one attached hydrogen (secondary N) is 1. The summed E-state index contributed by atoms with van der Waals surface area (Å²) < 4.78 is 36.7. The number of carbonyl (C=O) groups is 1. The molecule has 0 unspecified atom stereocenters. The van der Waals surface area contributed by atoms with Gasteiger partial charge in [-0.2, -0.15) is 0 Å². The van der Waals surface area contributed by atoms with Gasteiger partial charge in [0.25, 0.3) is 0 Å². The lowest BCUT2D eigenvalue weighted by Gasteiger charge is -2.22. The van der Waals surface area contributed by atoms with Crippen LogP contribution < -0.4 is 19.1 Å². The van der Waals surface area contributed by atoms with E-state index in [-0.39, 0.29) is 18.9 Å².